The first-order chi connectivity index (χ1) is 12.3. The Kier molecular flexibility index (Phi) is 5.26. The molecule has 25 heavy (non-hydrogen) atoms. The fourth-order valence-corrected chi connectivity index (χ4v) is 2.07. The summed E-state index contributed by atoms with van der Waals surface area (Å²) in [6, 6.07) is 10.8. The van der Waals surface area contributed by atoms with E-state index in [2.05, 4.69) is 10.1 Å². The van der Waals surface area contributed by atoms with Crippen molar-refractivity contribution in [3.05, 3.63) is 60.4 Å². The predicted octanol–water partition coefficient (Wildman–Crippen LogP) is 3.48. The molecule has 3 rings (SSSR count). The number of esters is 1. The van der Waals surface area contributed by atoms with Gasteiger partial charge >= 0.3 is 5.97 Å². The van der Waals surface area contributed by atoms with Crippen molar-refractivity contribution >= 4 is 12.0 Å². The zero-order chi connectivity index (χ0) is 17.5. The molecule has 0 bridgehead atoms. The van der Waals surface area contributed by atoms with Crippen molar-refractivity contribution in [2.45, 2.75) is 13.5 Å². The number of para-hydroxylation sites is 1. The molecule has 3 aromatic rings. The lowest BCUT2D eigenvalue weighted by Gasteiger charge is -2.05. The second-order valence-corrected chi connectivity index (χ2v) is 4.90. The number of rotatable bonds is 7. The van der Waals surface area contributed by atoms with Crippen LogP contribution in [-0.4, -0.2) is 22.7 Å². The lowest BCUT2D eigenvalue weighted by atomic mass is 10.2. The molecule has 0 aliphatic rings. The van der Waals surface area contributed by atoms with E-state index in [0.29, 0.717) is 29.5 Å². The first-order valence-electron chi connectivity index (χ1n) is 7.69. The van der Waals surface area contributed by atoms with E-state index in [1.165, 1.54) is 18.4 Å². The summed E-state index contributed by atoms with van der Waals surface area (Å²) in [6.45, 7) is 2.31. The van der Waals surface area contributed by atoms with E-state index < -0.39 is 5.97 Å². The SMILES string of the molecule is CCOc1ccccc1-c1noc(COC(=O)/C=C/c2ccco2)n1. The largest absolute Gasteiger partial charge is 0.493 e. The molecule has 0 N–H and O–H groups in total. The highest BCUT2D eigenvalue weighted by atomic mass is 16.6. The smallest absolute Gasteiger partial charge is 0.331 e. The van der Waals surface area contributed by atoms with Gasteiger partial charge in [-0.1, -0.05) is 17.3 Å². The molecule has 0 saturated heterocycles. The van der Waals surface area contributed by atoms with Crippen LogP contribution in [0, 0.1) is 0 Å². The Balaban J connectivity index is 1.61. The molecule has 7 heteroatoms. The van der Waals surface area contributed by atoms with Crippen LogP contribution in [0.5, 0.6) is 5.75 Å². The summed E-state index contributed by atoms with van der Waals surface area (Å²) in [5, 5.41) is 3.90. The van der Waals surface area contributed by atoms with Gasteiger partial charge in [0.2, 0.25) is 5.82 Å². The number of hydrogen-bond donors (Lipinski definition) is 0. The van der Waals surface area contributed by atoms with Crippen LogP contribution in [-0.2, 0) is 16.1 Å². The molecule has 7 nitrogen and oxygen atoms in total. The molecule has 128 valence electrons. The Morgan fingerprint density at radius 3 is 2.92 bits per heavy atom. The molecule has 0 aliphatic heterocycles. The minimum Gasteiger partial charge on any atom is -0.493 e. The Morgan fingerprint density at radius 1 is 1.24 bits per heavy atom. The number of ether oxygens (including phenoxy) is 2. The number of benzene rings is 1. The van der Waals surface area contributed by atoms with Crippen molar-refractivity contribution in [3.8, 4) is 17.1 Å². The summed E-state index contributed by atoms with van der Waals surface area (Å²) < 4.78 is 20.8. The number of nitrogens with zero attached hydrogens (tertiary/aromatic N) is 2. The maximum absolute atomic E-state index is 11.7. The zero-order valence-electron chi connectivity index (χ0n) is 13.5. The Morgan fingerprint density at radius 2 is 2.12 bits per heavy atom. The van der Waals surface area contributed by atoms with E-state index in [4.69, 9.17) is 18.4 Å². The molecular weight excluding hydrogens is 324 g/mol. The minimum atomic E-state index is -0.536. The third-order valence-corrected chi connectivity index (χ3v) is 3.16. The van der Waals surface area contributed by atoms with Crippen LogP contribution in [0.25, 0.3) is 17.5 Å². The van der Waals surface area contributed by atoms with Gasteiger partial charge in [0.15, 0.2) is 6.61 Å². The highest BCUT2D eigenvalue weighted by molar-refractivity contribution is 5.86. The standard InChI is InChI=1S/C18H16N2O5/c1-2-22-15-8-4-3-7-14(15)18-19-16(25-20-18)12-24-17(21)10-9-13-6-5-11-23-13/h3-11H,2,12H2,1H3/b10-9+. The van der Waals surface area contributed by atoms with Crippen molar-refractivity contribution in [2.75, 3.05) is 6.61 Å². The number of carbonyl (C=O) groups excluding carboxylic acids is 1. The maximum atomic E-state index is 11.7. The van der Waals surface area contributed by atoms with Gasteiger partial charge in [-0.2, -0.15) is 4.98 Å². The van der Waals surface area contributed by atoms with Crippen LogP contribution in [0.2, 0.25) is 0 Å². The van der Waals surface area contributed by atoms with E-state index in [-0.39, 0.29) is 12.5 Å². The molecule has 0 radical (unpaired) electrons. The molecule has 0 unspecified atom stereocenters. The Bertz CT molecular complexity index is 852. The monoisotopic (exact) mass is 340 g/mol. The number of hydrogen-bond acceptors (Lipinski definition) is 7. The summed E-state index contributed by atoms with van der Waals surface area (Å²) in [5.41, 5.74) is 0.711. The van der Waals surface area contributed by atoms with Gasteiger partial charge in [-0.15, -0.1) is 0 Å². The molecule has 0 saturated carbocycles. The van der Waals surface area contributed by atoms with Gasteiger partial charge in [0.25, 0.3) is 5.89 Å². The molecular formula is C18H16N2O5. The van der Waals surface area contributed by atoms with Gasteiger partial charge in [-0.05, 0) is 37.3 Å². The van der Waals surface area contributed by atoms with Crippen molar-refractivity contribution in [2.24, 2.45) is 0 Å². The second-order valence-electron chi connectivity index (χ2n) is 4.90. The normalized spacial score (nSPS) is 10.9. The Labute approximate surface area is 143 Å². The summed E-state index contributed by atoms with van der Waals surface area (Å²) in [6.07, 6.45) is 4.30. The van der Waals surface area contributed by atoms with E-state index in [9.17, 15) is 4.79 Å². The van der Waals surface area contributed by atoms with Crippen LogP contribution in [0.4, 0.5) is 0 Å². The van der Waals surface area contributed by atoms with Crippen LogP contribution in [0.15, 0.2) is 57.7 Å². The molecule has 0 fully saturated rings. The second kappa shape index (κ2) is 7.96. The van der Waals surface area contributed by atoms with Crippen molar-refractivity contribution in [1.29, 1.82) is 0 Å². The summed E-state index contributed by atoms with van der Waals surface area (Å²) in [5.74, 6) is 1.26. The molecule has 2 aromatic heterocycles. The fraction of sp³-hybridized carbons (Fsp3) is 0.167. The van der Waals surface area contributed by atoms with Gasteiger partial charge in [0, 0.05) is 6.08 Å². The molecule has 0 atom stereocenters. The Hall–Kier alpha value is -3.35. The first-order valence-corrected chi connectivity index (χ1v) is 7.69. The number of carbonyl (C=O) groups is 1. The number of aromatic nitrogens is 2. The predicted molar refractivity (Wildman–Crippen MR) is 88.4 cm³/mol. The summed E-state index contributed by atoms with van der Waals surface area (Å²) >= 11 is 0. The zero-order valence-corrected chi connectivity index (χ0v) is 13.5. The van der Waals surface area contributed by atoms with E-state index in [1.807, 2.05) is 31.2 Å². The quantitative estimate of drug-likeness (QED) is 0.480. The minimum absolute atomic E-state index is 0.120. The van der Waals surface area contributed by atoms with Gasteiger partial charge in [0.1, 0.15) is 11.5 Å². The molecule has 1 aromatic carbocycles. The number of furan rings is 1. The van der Waals surface area contributed by atoms with E-state index in [0.717, 1.165) is 0 Å². The molecule has 0 spiro atoms. The van der Waals surface area contributed by atoms with Crippen molar-refractivity contribution < 1.29 is 23.2 Å². The van der Waals surface area contributed by atoms with Crippen LogP contribution in [0.1, 0.15) is 18.6 Å². The average molecular weight is 340 g/mol. The highest BCUT2D eigenvalue weighted by Gasteiger charge is 2.14. The lowest BCUT2D eigenvalue weighted by Crippen LogP contribution is -2.01. The van der Waals surface area contributed by atoms with Crippen LogP contribution in [0.3, 0.4) is 0 Å². The average Bonchev–Trinajstić information content (AvgIpc) is 3.31. The summed E-state index contributed by atoms with van der Waals surface area (Å²) in [7, 11) is 0. The first kappa shape index (κ1) is 16.5. The summed E-state index contributed by atoms with van der Waals surface area (Å²) in [4.78, 5) is 15.9. The van der Waals surface area contributed by atoms with Crippen LogP contribution >= 0.6 is 0 Å². The van der Waals surface area contributed by atoms with E-state index >= 15 is 0 Å². The third-order valence-electron chi connectivity index (χ3n) is 3.16. The molecule has 0 amide bonds. The molecule has 0 aliphatic carbocycles. The van der Waals surface area contributed by atoms with Gasteiger partial charge in [0.05, 0.1) is 18.4 Å². The fourth-order valence-electron chi connectivity index (χ4n) is 2.07. The third kappa shape index (κ3) is 4.35. The lowest BCUT2D eigenvalue weighted by molar-refractivity contribution is -0.139. The van der Waals surface area contributed by atoms with E-state index in [1.54, 1.807) is 12.1 Å². The maximum Gasteiger partial charge on any atom is 0.331 e. The van der Waals surface area contributed by atoms with Crippen molar-refractivity contribution in [1.82, 2.24) is 10.1 Å². The highest BCUT2D eigenvalue weighted by Crippen LogP contribution is 2.27. The molecule has 2 heterocycles. The van der Waals surface area contributed by atoms with Crippen LogP contribution < -0.4 is 4.74 Å². The topological polar surface area (TPSA) is 87.6 Å². The van der Waals surface area contributed by atoms with Crippen molar-refractivity contribution in [3.63, 3.8) is 0 Å². The van der Waals surface area contributed by atoms with Gasteiger partial charge < -0.3 is 18.4 Å². The van der Waals surface area contributed by atoms with Gasteiger partial charge in [-0.3, -0.25) is 0 Å². The van der Waals surface area contributed by atoms with Gasteiger partial charge in [-0.25, -0.2) is 4.79 Å².